The van der Waals surface area contributed by atoms with Crippen LogP contribution in [0.2, 0.25) is 0 Å². The lowest BCUT2D eigenvalue weighted by Crippen LogP contribution is -2.22. The molecule has 0 heterocycles. The van der Waals surface area contributed by atoms with E-state index in [0.717, 1.165) is 0 Å². The summed E-state index contributed by atoms with van der Waals surface area (Å²) in [6, 6.07) is 0. The highest BCUT2D eigenvalue weighted by Gasteiger charge is 1.94. The number of nitrogens with two attached hydrogens (primary N) is 1. The van der Waals surface area contributed by atoms with Gasteiger partial charge < -0.3 is 15.8 Å². The molecule has 0 rings (SSSR count). The van der Waals surface area contributed by atoms with E-state index < -0.39 is 0 Å². The molecule has 0 aliphatic heterocycles. The van der Waals surface area contributed by atoms with Gasteiger partial charge in [-0.25, -0.2) is 4.99 Å². The zero-order valence-corrected chi connectivity index (χ0v) is 7.20. The van der Waals surface area contributed by atoms with Crippen molar-refractivity contribution in [3.8, 4) is 0 Å². The molecule has 0 atom stereocenters. The van der Waals surface area contributed by atoms with Gasteiger partial charge in [-0.1, -0.05) is 0 Å². The molecule has 0 saturated carbocycles. The lowest BCUT2D eigenvalue weighted by molar-refractivity contribution is -0.123. The molecule has 5 heteroatoms. The van der Waals surface area contributed by atoms with E-state index in [1.807, 2.05) is 0 Å². The Balaban J connectivity index is 3.66. The van der Waals surface area contributed by atoms with E-state index in [1.165, 1.54) is 19.5 Å². The van der Waals surface area contributed by atoms with Gasteiger partial charge in [-0.3, -0.25) is 4.79 Å². The first-order chi connectivity index (χ1) is 5.70. The van der Waals surface area contributed by atoms with E-state index in [-0.39, 0.29) is 18.3 Å². The van der Waals surface area contributed by atoms with Crippen molar-refractivity contribution >= 4 is 12.1 Å². The van der Waals surface area contributed by atoms with Crippen molar-refractivity contribution < 1.29 is 9.53 Å². The third kappa shape index (κ3) is 5.28. The SMILES string of the molecule is CC=N/C(N)=C/OCC(=O)NC. The van der Waals surface area contributed by atoms with Crippen LogP contribution >= 0.6 is 0 Å². The average Bonchev–Trinajstić information content (AvgIpc) is 2.04. The lowest BCUT2D eigenvalue weighted by Gasteiger charge is -1.98. The predicted octanol–water partition coefficient (Wildman–Crippen LogP) is -0.403. The summed E-state index contributed by atoms with van der Waals surface area (Å²) in [7, 11) is 1.53. The number of amides is 1. The van der Waals surface area contributed by atoms with Crippen molar-refractivity contribution in [1.82, 2.24) is 5.32 Å². The fourth-order valence-electron chi connectivity index (χ4n) is 0.454. The van der Waals surface area contributed by atoms with E-state index in [9.17, 15) is 4.79 Å². The van der Waals surface area contributed by atoms with Gasteiger partial charge in [0.1, 0.15) is 6.26 Å². The first-order valence-electron chi connectivity index (χ1n) is 3.47. The van der Waals surface area contributed by atoms with Crippen LogP contribution in [0.5, 0.6) is 0 Å². The third-order valence-corrected chi connectivity index (χ3v) is 0.976. The molecule has 0 unspecified atom stereocenters. The van der Waals surface area contributed by atoms with Crippen LogP contribution in [0.25, 0.3) is 0 Å². The smallest absolute Gasteiger partial charge is 0.257 e. The Labute approximate surface area is 71.3 Å². The molecule has 0 radical (unpaired) electrons. The number of nitrogens with one attached hydrogen (secondary N) is 1. The molecule has 0 fully saturated rings. The van der Waals surface area contributed by atoms with Gasteiger partial charge in [0.25, 0.3) is 5.91 Å². The van der Waals surface area contributed by atoms with E-state index in [4.69, 9.17) is 10.5 Å². The Morgan fingerprint density at radius 1 is 1.75 bits per heavy atom. The van der Waals surface area contributed by atoms with Gasteiger partial charge in [-0.15, -0.1) is 0 Å². The number of hydrogen-bond acceptors (Lipinski definition) is 4. The van der Waals surface area contributed by atoms with E-state index in [2.05, 4.69) is 10.3 Å². The number of rotatable bonds is 4. The number of nitrogens with zero attached hydrogens (tertiary/aromatic N) is 1. The summed E-state index contributed by atoms with van der Waals surface area (Å²) in [4.78, 5) is 14.3. The summed E-state index contributed by atoms with van der Waals surface area (Å²) >= 11 is 0. The molecule has 5 nitrogen and oxygen atoms in total. The van der Waals surface area contributed by atoms with Crippen LogP contribution in [0.15, 0.2) is 17.1 Å². The number of likely N-dealkylation sites (N-methyl/N-ethyl adjacent to an activating group) is 1. The normalized spacial score (nSPS) is 11.7. The monoisotopic (exact) mass is 171 g/mol. The second-order valence-corrected chi connectivity index (χ2v) is 1.91. The summed E-state index contributed by atoms with van der Waals surface area (Å²) in [6.45, 7) is 1.69. The molecule has 0 spiro atoms. The lowest BCUT2D eigenvalue weighted by atomic mass is 10.6. The first-order valence-corrected chi connectivity index (χ1v) is 3.47. The summed E-state index contributed by atoms with van der Waals surface area (Å²) < 4.78 is 4.79. The minimum atomic E-state index is -0.209. The summed E-state index contributed by atoms with van der Waals surface area (Å²) in [5, 5.41) is 2.40. The van der Waals surface area contributed by atoms with Crippen LogP contribution in [0, 0.1) is 0 Å². The molecule has 0 aliphatic carbocycles. The number of ether oxygens (including phenoxy) is 1. The van der Waals surface area contributed by atoms with Crippen LogP contribution in [0.3, 0.4) is 0 Å². The molecular formula is C7H13N3O2. The molecule has 0 saturated heterocycles. The highest BCUT2D eigenvalue weighted by Crippen LogP contribution is 1.85. The van der Waals surface area contributed by atoms with E-state index in [1.54, 1.807) is 6.92 Å². The third-order valence-electron chi connectivity index (χ3n) is 0.976. The second kappa shape index (κ2) is 6.21. The number of carbonyl (C=O) groups is 1. The Bertz CT molecular complexity index is 199. The maximum Gasteiger partial charge on any atom is 0.257 e. The maximum absolute atomic E-state index is 10.6. The summed E-state index contributed by atoms with van der Waals surface area (Å²) in [6.07, 6.45) is 2.77. The van der Waals surface area contributed by atoms with Gasteiger partial charge in [-0.05, 0) is 6.92 Å². The fraction of sp³-hybridized carbons (Fsp3) is 0.429. The Kier molecular flexibility index (Phi) is 5.42. The van der Waals surface area contributed by atoms with Gasteiger partial charge in [0, 0.05) is 13.3 Å². The standard InChI is InChI=1S/C7H13N3O2/c1-3-10-6(8)4-12-5-7(11)9-2/h3-4H,5,8H2,1-2H3,(H,9,11)/b6-4+,10-3?. The number of aliphatic imine (C=N–C) groups is 1. The molecule has 3 N–H and O–H groups in total. The summed E-state index contributed by atoms with van der Waals surface area (Å²) in [5.41, 5.74) is 5.32. The predicted molar refractivity (Wildman–Crippen MR) is 46.5 cm³/mol. The maximum atomic E-state index is 10.6. The van der Waals surface area contributed by atoms with E-state index >= 15 is 0 Å². The van der Waals surface area contributed by atoms with Gasteiger partial charge in [0.2, 0.25) is 0 Å². The fourth-order valence-corrected chi connectivity index (χ4v) is 0.454. The van der Waals surface area contributed by atoms with Gasteiger partial charge in [-0.2, -0.15) is 0 Å². The highest BCUT2D eigenvalue weighted by molar-refractivity contribution is 5.76. The highest BCUT2D eigenvalue weighted by atomic mass is 16.5. The largest absolute Gasteiger partial charge is 0.488 e. The zero-order valence-electron chi connectivity index (χ0n) is 7.20. The van der Waals surface area contributed by atoms with E-state index in [0.29, 0.717) is 0 Å². The average molecular weight is 171 g/mol. The molecule has 0 bridgehead atoms. The van der Waals surface area contributed by atoms with Crippen molar-refractivity contribution in [2.75, 3.05) is 13.7 Å². The molecule has 68 valence electrons. The van der Waals surface area contributed by atoms with Crippen molar-refractivity contribution in [3.63, 3.8) is 0 Å². The van der Waals surface area contributed by atoms with Crippen LogP contribution in [0.1, 0.15) is 6.92 Å². The van der Waals surface area contributed by atoms with Crippen molar-refractivity contribution in [1.29, 1.82) is 0 Å². The topological polar surface area (TPSA) is 76.7 Å². The molecule has 12 heavy (non-hydrogen) atoms. The van der Waals surface area contributed by atoms with Crippen molar-refractivity contribution in [2.45, 2.75) is 6.92 Å². The second-order valence-electron chi connectivity index (χ2n) is 1.91. The van der Waals surface area contributed by atoms with Crippen LogP contribution in [-0.4, -0.2) is 25.8 Å². The Morgan fingerprint density at radius 2 is 2.42 bits per heavy atom. The van der Waals surface area contributed by atoms with Gasteiger partial charge in [0.05, 0.1) is 0 Å². The Morgan fingerprint density at radius 3 is 2.92 bits per heavy atom. The molecule has 0 aromatic heterocycles. The summed E-state index contributed by atoms with van der Waals surface area (Å²) in [5.74, 6) is 0.0286. The molecule has 0 aliphatic rings. The molecule has 0 aromatic rings. The Hall–Kier alpha value is -1.52. The van der Waals surface area contributed by atoms with Crippen molar-refractivity contribution in [3.05, 3.63) is 12.1 Å². The first kappa shape index (κ1) is 10.5. The van der Waals surface area contributed by atoms with Gasteiger partial charge in [0.15, 0.2) is 12.4 Å². The van der Waals surface area contributed by atoms with Crippen LogP contribution in [0.4, 0.5) is 0 Å². The van der Waals surface area contributed by atoms with Crippen LogP contribution in [-0.2, 0) is 9.53 Å². The molecule has 0 aromatic carbocycles. The quantitative estimate of drug-likeness (QED) is 0.446. The minimum Gasteiger partial charge on any atom is -0.488 e. The minimum absolute atomic E-state index is 0.0452. The molecular weight excluding hydrogens is 158 g/mol. The number of hydrogen-bond donors (Lipinski definition) is 2. The van der Waals surface area contributed by atoms with Crippen LogP contribution < -0.4 is 11.1 Å². The number of carbonyl (C=O) groups excluding carboxylic acids is 1. The van der Waals surface area contributed by atoms with Gasteiger partial charge >= 0.3 is 0 Å². The molecule has 1 amide bonds. The van der Waals surface area contributed by atoms with Crippen molar-refractivity contribution in [2.24, 2.45) is 10.7 Å². The zero-order chi connectivity index (χ0) is 9.40.